The molecule has 1 aliphatic rings. The Labute approximate surface area is 125 Å². The largest absolute Gasteiger partial charge is 0.340 e. The molecule has 3 rings (SSSR count). The van der Waals surface area contributed by atoms with Crippen LogP contribution in [0, 0.1) is 0 Å². The van der Waals surface area contributed by atoms with Crippen LogP contribution in [0.4, 0.5) is 0 Å². The number of benzene rings is 1. The number of aryl methyl sites for hydroxylation is 1. The van der Waals surface area contributed by atoms with Crippen molar-refractivity contribution in [3.8, 4) is 0 Å². The van der Waals surface area contributed by atoms with E-state index in [9.17, 15) is 4.79 Å². The minimum absolute atomic E-state index is 0.253. The smallest absolute Gasteiger partial charge is 0.224 e. The van der Waals surface area contributed by atoms with E-state index in [0.717, 1.165) is 43.8 Å². The van der Waals surface area contributed by atoms with Gasteiger partial charge in [-0.2, -0.15) is 0 Å². The molecular formula is C16H22N4O. The number of piperazine rings is 1. The van der Waals surface area contributed by atoms with Gasteiger partial charge in [-0.1, -0.05) is 19.1 Å². The fourth-order valence-corrected chi connectivity index (χ4v) is 2.88. The van der Waals surface area contributed by atoms with Gasteiger partial charge >= 0.3 is 0 Å². The van der Waals surface area contributed by atoms with Gasteiger partial charge in [0.05, 0.1) is 17.4 Å². The number of aromatic nitrogens is 2. The second kappa shape index (κ2) is 6.26. The van der Waals surface area contributed by atoms with Crippen LogP contribution in [0.25, 0.3) is 11.0 Å². The summed E-state index contributed by atoms with van der Waals surface area (Å²) in [6, 6.07) is 8.04. The van der Waals surface area contributed by atoms with Gasteiger partial charge in [0.25, 0.3) is 0 Å². The van der Waals surface area contributed by atoms with Gasteiger partial charge in [0.2, 0.25) is 5.91 Å². The summed E-state index contributed by atoms with van der Waals surface area (Å²) in [5, 5.41) is 0. The first-order chi connectivity index (χ1) is 10.3. The van der Waals surface area contributed by atoms with E-state index < -0.39 is 0 Å². The number of carbonyl (C=O) groups excluding carboxylic acids is 1. The van der Waals surface area contributed by atoms with E-state index in [2.05, 4.69) is 21.4 Å². The Balaban J connectivity index is 1.56. The SMILES string of the molecule is CCN1CCN(C(=O)CCn2cnc3ccccc32)CC1. The lowest BCUT2D eigenvalue weighted by Crippen LogP contribution is -2.48. The van der Waals surface area contributed by atoms with Crippen molar-refractivity contribution in [2.24, 2.45) is 0 Å². The van der Waals surface area contributed by atoms with Crippen LogP contribution in [-0.2, 0) is 11.3 Å². The maximum Gasteiger partial charge on any atom is 0.224 e. The molecule has 0 bridgehead atoms. The van der Waals surface area contributed by atoms with E-state index in [4.69, 9.17) is 0 Å². The Bertz CT molecular complexity index is 614. The number of amides is 1. The molecule has 1 aromatic carbocycles. The fraction of sp³-hybridized carbons (Fsp3) is 0.500. The Morgan fingerprint density at radius 1 is 1.19 bits per heavy atom. The molecular weight excluding hydrogens is 264 g/mol. The van der Waals surface area contributed by atoms with Crippen LogP contribution in [0.2, 0.25) is 0 Å². The molecule has 1 fully saturated rings. The standard InChI is InChI=1S/C16H22N4O/c1-2-18-9-11-19(12-10-18)16(21)7-8-20-13-17-14-5-3-4-6-15(14)20/h3-6,13H,2,7-12H2,1H3. The van der Waals surface area contributed by atoms with E-state index in [1.165, 1.54) is 0 Å². The molecule has 0 spiro atoms. The monoisotopic (exact) mass is 286 g/mol. The van der Waals surface area contributed by atoms with E-state index in [-0.39, 0.29) is 5.91 Å². The highest BCUT2D eigenvalue weighted by molar-refractivity contribution is 5.77. The molecule has 21 heavy (non-hydrogen) atoms. The van der Waals surface area contributed by atoms with Crippen LogP contribution in [0.1, 0.15) is 13.3 Å². The number of hydrogen-bond donors (Lipinski definition) is 0. The number of carbonyl (C=O) groups is 1. The van der Waals surface area contributed by atoms with Crippen LogP contribution < -0.4 is 0 Å². The molecule has 5 heteroatoms. The van der Waals surface area contributed by atoms with Gasteiger partial charge in [-0.15, -0.1) is 0 Å². The molecule has 0 unspecified atom stereocenters. The Morgan fingerprint density at radius 3 is 2.71 bits per heavy atom. The predicted molar refractivity (Wildman–Crippen MR) is 83.0 cm³/mol. The lowest BCUT2D eigenvalue weighted by molar-refractivity contribution is -0.133. The first-order valence-electron chi connectivity index (χ1n) is 7.68. The van der Waals surface area contributed by atoms with Crippen LogP contribution in [0.5, 0.6) is 0 Å². The van der Waals surface area contributed by atoms with Gasteiger partial charge in [-0.05, 0) is 18.7 Å². The number of likely N-dealkylation sites (N-methyl/N-ethyl adjacent to an activating group) is 1. The van der Waals surface area contributed by atoms with Crippen molar-refractivity contribution in [3.05, 3.63) is 30.6 Å². The normalized spacial score (nSPS) is 16.5. The Kier molecular flexibility index (Phi) is 4.20. The molecule has 112 valence electrons. The average Bonchev–Trinajstić information content (AvgIpc) is 2.96. The fourth-order valence-electron chi connectivity index (χ4n) is 2.88. The van der Waals surface area contributed by atoms with Crippen LogP contribution in [-0.4, -0.2) is 58.0 Å². The molecule has 5 nitrogen and oxygen atoms in total. The third-order valence-electron chi connectivity index (χ3n) is 4.27. The average molecular weight is 286 g/mol. The predicted octanol–water partition coefficient (Wildman–Crippen LogP) is 1.59. The molecule has 0 N–H and O–H groups in total. The van der Waals surface area contributed by atoms with Crippen molar-refractivity contribution in [3.63, 3.8) is 0 Å². The lowest BCUT2D eigenvalue weighted by atomic mass is 10.2. The first kappa shape index (κ1) is 14.1. The Hall–Kier alpha value is -1.88. The maximum absolute atomic E-state index is 12.3. The van der Waals surface area contributed by atoms with Crippen LogP contribution in [0.3, 0.4) is 0 Å². The molecule has 2 heterocycles. The highest BCUT2D eigenvalue weighted by Gasteiger charge is 2.19. The molecule has 2 aromatic rings. The van der Waals surface area contributed by atoms with Gasteiger partial charge in [-0.3, -0.25) is 4.79 Å². The topological polar surface area (TPSA) is 41.4 Å². The number of para-hydroxylation sites is 2. The summed E-state index contributed by atoms with van der Waals surface area (Å²) in [5.41, 5.74) is 2.09. The highest BCUT2D eigenvalue weighted by atomic mass is 16.2. The van der Waals surface area contributed by atoms with Crippen molar-refractivity contribution in [2.75, 3.05) is 32.7 Å². The minimum Gasteiger partial charge on any atom is -0.340 e. The van der Waals surface area contributed by atoms with Gasteiger partial charge < -0.3 is 14.4 Å². The zero-order chi connectivity index (χ0) is 14.7. The number of imidazole rings is 1. The van der Waals surface area contributed by atoms with Gasteiger partial charge in [-0.25, -0.2) is 4.98 Å². The molecule has 1 amide bonds. The van der Waals surface area contributed by atoms with E-state index in [1.54, 1.807) is 0 Å². The summed E-state index contributed by atoms with van der Waals surface area (Å²) in [6.07, 6.45) is 2.37. The zero-order valence-electron chi connectivity index (χ0n) is 12.5. The number of rotatable bonds is 4. The summed E-state index contributed by atoms with van der Waals surface area (Å²) >= 11 is 0. The zero-order valence-corrected chi connectivity index (χ0v) is 12.5. The number of nitrogens with zero attached hydrogens (tertiary/aromatic N) is 4. The summed E-state index contributed by atoms with van der Waals surface area (Å²) in [5.74, 6) is 0.253. The van der Waals surface area contributed by atoms with E-state index in [1.807, 2.05) is 35.5 Å². The quantitative estimate of drug-likeness (QED) is 0.857. The first-order valence-corrected chi connectivity index (χ1v) is 7.68. The van der Waals surface area contributed by atoms with Crippen LogP contribution >= 0.6 is 0 Å². The second-order valence-electron chi connectivity index (χ2n) is 5.49. The molecule has 0 saturated carbocycles. The third-order valence-corrected chi connectivity index (χ3v) is 4.27. The summed E-state index contributed by atoms with van der Waals surface area (Å²) < 4.78 is 2.07. The molecule has 1 aliphatic heterocycles. The van der Waals surface area contributed by atoms with Crippen molar-refractivity contribution < 1.29 is 4.79 Å². The van der Waals surface area contributed by atoms with E-state index in [0.29, 0.717) is 13.0 Å². The minimum atomic E-state index is 0.253. The number of fused-ring (bicyclic) bond motifs is 1. The van der Waals surface area contributed by atoms with Crippen molar-refractivity contribution in [2.45, 2.75) is 19.9 Å². The van der Waals surface area contributed by atoms with Crippen molar-refractivity contribution in [1.29, 1.82) is 0 Å². The van der Waals surface area contributed by atoms with Gasteiger partial charge in [0.15, 0.2) is 0 Å². The highest BCUT2D eigenvalue weighted by Crippen LogP contribution is 2.13. The summed E-state index contributed by atoms with van der Waals surface area (Å²) in [4.78, 5) is 21.0. The van der Waals surface area contributed by atoms with E-state index >= 15 is 0 Å². The lowest BCUT2D eigenvalue weighted by Gasteiger charge is -2.34. The number of hydrogen-bond acceptors (Lipinski definition) is 3. The molecule has 0 aliphatic carbocycles. The summed E-state index contributed by atoms with van der Waals surface area (Å²) in [7, 11) is 0. The van der Waals surface area contributed by atoms with Crippen molar-refractivity contribution >= 4 is 16.9 Å². The summed E-state index contributed by atoms with van der Waals surface area (Å²) in [6.45, 7) is 7.65. The van der Waals surface area contributed by atoms with Crippen LogP contribution in [0.15, 0.2) is 30.6 Å². The maximum atomic E-state index is 12.3. The molecule has 1 saturated heterocycles. The molecule has 0 radical (unpaired) electrons. The Morgan fingerprint density at radius 2 is 1.95 bits per heavy atom. The van der Waals surface area contributed by atoms with Crippen molar-refractivity contribution in [1.82, 2.24) is 19.4 Å². The molecule has 0 atom stereocenters. The molecule has 1 aromatic heterocycles. The van der Waals surface area contributed by atoms with Gasteiger partial charge in [0.1, 0.15) is 0 Å². The third kappa shape index (κ3) is 3.08. The second-order valence-corrected chi connectivity index (χ2v) is 5.49. The van der Waals surface area contributed by atoms with Gasteiger partial charge in [0, 0.05) is 39.1 Å².